The Morgan fingerprint density at radius 1 is 1.30 bits per heavy atom. The third kappa shape index (κ3) is 3.96. The molecule has 0 saturated heterocycles. The van der Waals surface area contributed by atoms with E-state index in [4.69, 9.17) is 28.9 Å². The lowest BCUT2D eigenvalue weighted by atomic mass is 10.0. The van der Waals surface area contributed by atoms with Gasteiger partial charge < -0.3 is 11.1 Å². The number of carbonyl (C=O) groups is 1. The Balaban J connectivity index is 2.82. The van der Waals surface area contributed by atoms with E-state index in [1.807, 2.05) is 0 Å². The van der Waals surface area contributed by atoms with Gasteiger partial charge in [0.05, 0.1) is 15.7 Å². The molecule has 1 amide bonds. The number of rotatable bonds is 6. The van der Waals surface area contributed by atoms with Crippen molar-refractivity contribution >= 4 is 46.6 Å². The van der Waals surface area contributed by atoms with E-state index in [-0.39, 0.29) is 10.7 Å². The number of nitrogens with one attached hydrogen (secondary N) is 1. The van der Waals surface area contributed by atoms with Crippen molar-refractivity contribution in [3.8, 4) is 0 Å². The molecular formula is C14H20Cl2N2OS. The lowest BCUT2D eigenvalue weighted by Crippen LogP contribution is -2.39. The Bertz CT molecular complexity index is 459. The zero-order valence-corrected chi connectivity index (χ0v) is 14.3. The van der Waals surface area contributed by atoms with Gasteiger partial charge in [0.2, 0.25) is 0 Å². The third-order valence-electron chi connectivity index (χ3n) is 3.63. The number of amides is 1. The quantitative estimate of drug-likeness (QED) is 0.765. The smallest absolute Gasteiger partial charge is 0.251 e. The molecule has 1 aromatic carbocycles. The first kappa shape index (κ1) is 17.5. The number of hydrogen-bond acceptors (Lipinski definition) is 3. The highest BCUT2D eigenvalue weighted by Crippen LogP contribution is 2.31. The van der Waals surface area contributed by atoms with Gasteiger partial charge >= 0.3 is 0 Å². The van der Waals surface area contributed by atoms with Gasteiger partial charge in [0.25, 0.3) is 5.91 Å². The van der Waals surface area contributed by atoms with E-state index in [9.17, 15) is 4.79 Å². The molecule has 1 aromatic rings. The van der Waals surface area contributed by atoms with E-state index in [2.05, 4.69) is 25.4 Å². The van der Waals surface area contributed by atoms with Gasteiger partial charge in [-0.05, 0) is 31.2 Å². The fourth-order valence-corrected chi connectivity index (χ4v) is 3.20. The van der Waals surface area contributed by atoms with E-state index < -0.39 is 0 Å². The molecule has 0 aliphatic rings. The average Bonchev–Trinajstić information content (AvgIpc) is 2.46. The first-order valence-electron chi connectivity index (χ1n) is 6.47. The lowest BCUT2D eigenvalue weighted by molar-refractivity contribution is 0.0949. The number of anilines is 1. The van der Waals surface area contributed by atoms with Crippen LogP contribution >= 0.6 is 35.0 Å². The van der Waals surface area contributed by atoms with Gasteiger partial charge in [-0.2, -0.15) is 11.8 Å². The summed E-state index contributed by atoms with van der Waals surface area (Å²) in [6, 6.07) is 3.08. The topological polar surface area (TPSA) is 55.1 Å². The van der Waals surface area contributed by atoms with E-state index in [1.165, 1.54) is 12.1 Å². The highest BCUT2D eigenvalue weighted by Gasteiger charge is 2.25. The molecule has 3 nitrogen and oxygen atoms in total. The van der Waals surface area contributed by atoms with Gasteiger partial charge in [-0.25, -0.2) is 0 Å². The zero-order chi connectivity index (χ0) is 15.3. The number of thioether (sulfide) groups is 1. The molecule has 0 heterocycles. The Kier molecular flexibility index (Phi) is 6.49. The molecule has 0 spiro atoms. The van der Waals surface area contributed by atoms with E-state index in [0.717, 1.165) is 12.8 Å². The molecule has 0 bridgehead atoms. The number of benzene rings is 1. The molecule has 0 fully saturated rings. The Hall–Kier alpha value is -0.580. The van der Waals surface area contributed by atoms with Crippen molar-refractivity contribution in [3.05, 3.63) is 27.7 Å². The summed E-state index contributed by atoms with van der Waals surface area (Å²) >= 11 is 13.7. The fourth-order valence-electron chi connectivity index (χ4n) is 1.92. The monoisotopic (exact) mass is 334 g/mol. The molecule has 0 aliphatic heterocycles. The third-order valence-corrected chi connectivity index (χ3v) is 5.85. The molecule has 0 saturated carbocycles. The second-order valence-corrected chi connectivity index (χ2v) is 6.72. The zero-order valence-electron chi connectivity index (χ0n) is 11.9. The number of nitrogen functional groups attached to an aromatic ring is 1. The molecule has 0 unspecified atom stereocenters. The molecule has 112 valence electrons. The van der Waals surface area contributed by atoms with Crippen LogP contribution in [-0.2, 0) is 0 Å². The predicted octanol–water partition coefficient (Wildman–Crippen LogP) is 4.23. The van der Waals surface area contributed by atoms with E-state index in [1.54, 1.807) is 11.8 Å². The maximum Gasteiger partial charge on any atom is 0.251 e. The second-order valence-electron chi connectivity index (χ2n) is 4.63. The number of carbonyl (C=O) groups excluding carboxylic acids is 1. The van der Waals surface area contributed by atoms with Crippen LogP contribution in [0.2, 0.25) is 10.0 Å². The summed E-state index contributed by atoms with van der Waals surface area (Å²) < 4.78 is 0.0665. The van der Waals surface area contributed by atoms with E-state index >= 15 is 0 Å². The highest BCUT2D eigenvalue weighted by atomic mass is 35.5. The van der Waals surface area contributed by atoms with Crippen LogP contribution in [0.4, 0.5) is 5.69 Å². The fraction of sp³-hybridized carbons (Fsp3) is 0.500. The summed E-state index contributed by atoms with van der Waals surface area (Å²) in [5.41, 5.74) is 6.38. The van der Waals surface area contributed by atoms with Gasteiger partial charge in [0, 0.05) is 16.9 Å². The number of nitrogens with two attached hydrogens (primary N) is 1. The summed E-state index contributed by atoms with van der Waals surface area (Å²) in [6.07, 6.45) is 4.05. The molecule has 0 aliphatic carbocycles. The SMILES string of the molecule is CCC(CC)(CNC(=O)c1cc(Cl)c(N)c(Cl)c1)SC. The summed E-state index contributed by atoms with van der Waals surface area (Å²) in [4.78, 5) is 12.2. The normalized spacial score (nSPS) is 11.4. The first-order chi connectivity index (χ1) is 9.39. The molecule has 20 heavy (non-hydrogen) atoms. The maximum absolute atomic E-state index is 12.2. The van der Waals surface area contributed by atoms with Crippen LogP contribution in [0.25, 0.3) is 0 Å². The lowest BCUT2D eigenvalue weighted by Gasteiger charge is -2.29. The molecule has 0 radical (unpaired) electrons. The van der Waals surface area contributed by atoms with Crippen LogP contribution in [0.1, 0.15) is 37.0 Å². The minimum Gasteiger partial charge on any atom is -0.396 e. The predicted molar refractivity (Wildman–Crippen MR) is 90.0 cm³/mol. The van der Waals surface area contributed by atoms with Crippen LogP contribution in [0, 0.1) is 0 Å². The molecule has 3 N–H and O–H groups in total. The van der Waals surface area contributed by atoms with Crippen molar-refractivity contribution < 1.29 is 4.79 Å². The maximum atomic E-state index is 12.2. The second kappa shape index (κ2) is 7.43. The molecule has 6 heteroatoms. The summed E-state index contributed by atoms with van der Waals surface area (Å²) in [7, 11) is 0. The Labute approximate surface area is 134 Å². The molecule has 0 atom stereocenters. The molecule has 0 aromatic heterocycles. The van der Waals surface area contributed by atoms with Crippen molar-refractivity contribution in [3.63, 3.8) is 0 Å². The van der Waals surface area contributed by atoms with Crippen LogP contribution in [0.5, 0.6) is 0 Å². The summed E-state index contributed by atoms with van der Waals surface area (Å²) in [6.45, 7) is 4.87. The van der Waals surface area contributed by atoms with Gasteiger partial charge in [-0.15, -0.1) is 0 Å². The molecule has 1 rings (SSSR count). The molecular weight excluding hydrogens is 315 g/mol. The van der Waals surface area contributed by atoms with Crippen molar-refractivity contribution in [2.75, 3.05) is 18.5 Å². The van der Waals surface area contributed by atoms with E-state index in [0.29, 0.717) is 27.8 Å². The van der Waals surface area contributed by atoms with Gasteiger partial charge in [-0.1, -0.05) is 37.0 Å². The Morgan fingerprint density at radius 2 is 1.80 bits per heavy atom. The van der Waals surface area contributed by atoms with Crippen LogP contribution in [0.15, 0.2) is 12.1 Å². The highest BCUT2D eigenvalue weighted by molar-refractivity contribution is 8.00. The van der Waals surface area contributed by atoms with Crippen LogP contribution < -0.4 is 11.1 Å². The van der Waals surface area contributed by atoms with Crippen molar-refractivity contribution in [2.24, 2.45) is 0 Å². The Morgan fingerprint density at radius 3 is 2.20 bits per heavy atom. The first-order valence-corrected chi connectivity index (χ1v) is 8.45. The van der Waals surface area contributed by atoms with Gasteiger partial charge in [0.1, 0.15) is 0 Å². The van der Waals surface area contributed by atoms with Gasteiger partial charge in [0.15, 0.2) is 0 Å². The number of hydrogen-bond donors (Lipinski definition) is 2. The number of halogens is 2. The standard InChI is InChI=1S/C14H20Cl2N2OS/c1-4-14(5-2,20-3)8-18-13(19)9-6-10(15)12(17)11(16)7-9/h6-7H,4-5,8,17H2,1-3H3,(H,18,19). The van der Waals surface area contributed by atoms with Crippen molar-refractivity contribution in [1.29, 1.82) is 0 Å². The minimum absolute atomic E-state index is 0.0665. The van der Waals surface area contributed by atoms with Crippen LogP contribution in [0.3, 0.4) is 0 Å². The average molecular weight is 335 g/mol. The minimum atomic E-state index is -0.186. The van der Waals surface area contributed by atoms with Gasteiger partial charge in [-0.3, -0.25) is 4.79 Å². The largest absolute Gasteiger partial charge is 0.396 e. The summed E-state index contributed by atoms with van der Waals surface area (Å²) in [5, 5.41) is 3.54. The van der Waals surface area contributed by atoms with Crippen molar-refractivity contribution in [2.45, 2.75) is 31.4 Å². The van der Waals surface area contributed by atoms with Crippen LogP contribution in [-0.4, -0.2) is 23.5 Å². The summed E-state index contributed by atoms with van der Waals surface area (Å²) in [5.74, 6) is -0.186. The van der Waals surface area contributed by atoms with Crippen molar-refractivity contribution in [1.82, 2.24) is 5.32 Å².